The van der Waals surface area contributed by atoms with Crippen LogP contribution in [0.2, 0.25) is 0 Å². The molecule has 0 radical (unpaired) electrons. The Labute approximate surface area is 364 Å². The average molecular weight is 863 g/mol. The van der Waals surface area contributed by atoms with Gasteiger partial charge >= 0.3 is 0 Å². The molecule has 3 aliphatic rings. The van der Waals surface area contributed by atoms with Crippen molar-refractivity contribution in [2.24, 2.45) is 0 Å². The molecule has 5 amide bonds. The minimum atomic E-state index is -1.08. The van der Waals surface area contributed by atoms with Gasteiger partial charge in [-0.25, -0.2) is 9.97 Å². The van der Waals surface area contributed by atoms with Crippen molar-refractivity contribution in [2.45, 2.75) is 89.4 Å². The molecule has 2 aromatic carbocycles. The second kappa shape index (κ2) is 19.7. The van der Waals surface area contributed by atoms with E-state index < -0.39 is 35.3 Å². The summed E-state index contributed by atoms with van der Waals surface area (Å²) in [5.74, 6) is 4.93. The van der Waals surface area contributed by atoms with E-state index in [-0.39, 0.29) is 54.0 Å². The summed E-state index contributed by atoms with van der Waals surface area (Å²) in [6.07, 6.45) is 7.92. The van der Waals surface area contributed by atoms with Crippen molar-refractivity contribution >= 4 is 46.7 Å². The van der Waals surface area contributed by atoms with Crippen molar-refractivity contribution in [1.82, 2.24) is 25.1 Å². The molecule has 4 N–H and O–H groups in total. The van der Waals surface area contributed by atoms with Crippen molar-refractivity contribution in [2.75, 3.05) is 38.6 Å². The van der Waals surface area contributed by atoms with E-state index in [0.29, 0.717) is 51.5 Å². The highest BCUT2D eigenvalue weighted by molar-refractivity contribution is 7.15. The maximum atomic E-state index is 13.3. The molecule has 324 valence electrons. The van der Waals surface area contributed by atoms with Gasteiger partial charge in [-0.2, -0.15) is 0 Å². The van der Waals surface area contributed by atoms with Crippen LogP contribution in [0.1, 0.15) is 108 Å². The Morgan fingerprint density at radius 2 is 1.73 bits per heavy atom. The number of nitrogen functional groups attached to an aromatic ring is 1. The third-order valence-electron chi connectivity index (χ3n) is 10.8. The number of hydrogen-bond donors (Lipinski definition) is 3. The second-order valence-electron chi connectivity index (χ2n) is 16.0. The van der Waals surface area contributed by atoms with Gasteiger partial charge in [0.15, 0.2) is 11.6 Å². The monoisotopic (exact) mass is 862 g/mol. The lowest BCUT2D eigenvalue weighted by Gasteiger charge is -2.31. The molecule has 62 heavy (non-hydrogen) atoms. The van der Waals surface area contributed by atoms with Crippen LogP contribution in [0.5, 0.6) is 11.5 Å². The number of carbonyl (C=O) groups is 5. The first-order chi connectivity index (χ1) is 29.8. The smallest absolute Gasteiger partial charge is 0.266 e. The molecule has 16 heteroatoms. The number of pyridine rings is 1. The first-order valence-corrected chi connectivity index (χ1v) is 21.7. The molecular formula is C46H50N6O9S. The Bertz CT molecular complexity index is 2390. The average Bonchev–Trinajstić information content (AvgIpc) is 3.85. The van der Waals surface area contributed by atoms with Crippen LogP contribution in [0.3, 0.4) is 0 Å². The Morgan fingerprint density at radius 3 is 2.52 bits per heavy atom. The number of nitrogens with zero attached hydrogens (tertiary/aromatic N) is 4. The quantitative estimate of drug-likeness (QED) is 0.0751. The molecule has 15 nitrogen and oxygen atoms in total. The van der Waals surface area contributed by atoms with Crippen LogP contribution in [0.4, 0.5) is 5.82 Å². The molecule has 0 bridgehead atoms. The molecule has 5 heterocycles. The topological polar surface area (TPSA) is 204 Å². The van der Waals surface area contributed by atoms with E-state index >= 15 is 0 Å². The summed E-state index contributed by atoms with van der Waals surface area (Å²) in [6.45, 7) is 6.03. The molecule has 1 atom stereocenters. The number of unbranched alkanes of at least 4 members (excludes halogenated alkanes) is 2. The molecule has 4 aromatic rings. The van der Waals surface area contributed by atoms with Gasteiger partial charge in [0.1, 0.15) is 24.0 Å². The van der Waals surface area contributed by atoms with E-state index in [1.54, 1.807) is 43.5 Å². The predicted molar refractivity (Wildman–Crippen MR) is 230 cm³/mol. The minimum Gasteiger partial charge on any atom is -0.493 e. The second-order valence-corrected chi connectivity index (χ2v) is 17.1. The van der Waals surface area contributed by atoms with Crippen LogP contribution in [-0.2, 0) is 25.7 Å². The summed E-state index contributed by atoms with van der Waals surface area (Å²) in [4.78, 5) is 76.1. The zero-order valence-corrected chi connectivity index (χ0v) is 35.6. The Kier molecular flexibility index (Phi) is 14.0. The highest BCUT2D eigenvalue weighted by Gasteiger charge is 2.46. The number of fused-ring (bicyclic) bond motifs is 1. The summed E-state index contributed by atoms with van der Waals surface area (Å²) in [5.41, 5.74) is 7.95. The summed E-state index contributed by atoms with van der Waals surface area (Å²) < 4.78 is 17.7. The van der Waals surface area contributed by atoms with Crippen LogP contribution < -0.4 is 20.5 Å². The lowest BCUT2D eigenvalue weighted by Crippen LogP contribution is -2.54. The molecule has 0 aliphatic carbocycles. The highest BCUT2D eigenvalue weighted by Crippen LogP contribution is 2.37. The van der Waals surface area contributed by atoms with E-state index in [1.165, 1.54) is 6.07 Å². The van der Waals surface area contributed by atoms with Crippen LogP contribution >= 0.6 is 11.3 Å². The Balaban J connectivity index is 0.784. The van der Waals surface area contributed by atoms with Crippen LogP contribution in [-0.4, -0.2) is 99.0 Å². The SMILES string of the molecule is CC(C)(O)C#Cc1cccc(COc2cc(-c3cnc(C4CCN(C(=O)CCOCCCCCOc5cccc6c5C(=O)N(C5CCC(=O)NC5=O)C6=O)CC4)s3)cnc2N)c1. The Morgan fingerprint density at radius 1 is 0.935 bits per heavy atom. The van der Waals surface area contributed by atoms with Gasteiger partial charge in [-0.1, -0.05) is 30.0 Å². The fraction of sp³-hybridized carbons (Fsp3) is 0.413. The van der Waals surface area contributed by atoms with E-state index in [9.17, 15) is 29.1 Å². The van der Waals surface area contributed by atoms with Crippen molar-refractivity contribution < 1.29 is 43.3 Å². The van der Waals surface area contributed by atoms with Crippen molar-refractivity contribution in [3.8, 4) is 33.8 Å². The standard InChI is InChI=1S/C46H50N6O9S/c1-46(2,58)18-14-29-8-6-9-30(24-29)28-61-36-25-32(26-48-41(36)47)37-27-49-43(62-37)31-15-19-51(20-16-31)39(54)17-23-59-21-4-3-5-22-60-35-11-7-10-33-40(35)45(57)52(44(33)56)34-12-13-38(53)50-42(34)55/h6-11,24-27,31,34,58H,3-5,12-13,15-17,19-23,28H2,1-2H3,(H2,47,48)(H,50,53,55). The van der Waals surface area contributed by atoms with Crippen LogP contribution in [0.25, 0.3) is 10.4 Å². The number of ether oxygens (including phenoxy) is 3. The van der Waals surface area contributed by atoms with Gasteiger partial charge in [-0.15, -0.1) is 11.3 Å². The van der Waals surface area contributed by atoms with Gasteiger partial charge in [0, 0.05) is 55.6 Å². The highest BCUT2D eigenvalue weighted by atomic mass is 32.1. The summed E-state index contributed by atoms with van der Waals surface area (Å²) in [7, 11) is 0. The van der Waals surface area contributed by atoms with E-state index in [4.69, 9.17) is 24.9 Å². The van der Waals surface area contributed by atoms with Gasteiger partial charge in [0.05, 0.1) is 40.6 Å². The first-order valence-electron chi connectivity index (χ1n) is 20.9. The van der Waals surface area contributed by atoms with Gasteiger partial charge < -0.3 is 30.0 Å². The fourth-order valence-electron chi connectivity index (χ4n) is 7.51. The zero-order chi connectivity index (χ0) is 43.8. The third kappa shape index (κ3) is 10.8. The number of aromatic nitrogens is 2. The number of anilines is 1. The number of nitrogens with two attached hydrogens (primary N) is 1. The molecule has 0 spiro atoms. The molecule has 3 aliphatic heterocycles. The molecule has 2 fully saturated rings. The molecule has 0 saturated carbocycles. The number of aliphatic hydroxyl groups is 1. The normalized spacial score (nSPS) is 16.8. The number of thiazole rings is 1. The van der Waals surface area contributed by atoms with Gasteiger partial charge in [0.2, 0.25) is 17.7 Å². The zero-order valence-electron chi connectivity index (χ0n) is 34.8. The van der Waals surface area contributed by atoms with Crippen molar-refractivity contribution in [3.63, 3.8) is 0 Å². The maximum Gasteiger partial charge on any atom is 0.266 e. The van der Waals surface area contributed by atoms with Gasteiger partial charge in [-0.05, 0) is 88.3 Å². The lowest BCUT2D eigenvalue weighted by molar-refractivity contribution is -0.136. The van der Waals surface area contributed by atoms with Gasteiger partial charge in [0.25, 0.3) is 11.8 Å². The predicted octanol–water partition coefficient (Wildman–Crippen LogP) is 5.25. The van der Waals surface area contributed by atoms with E-state index in [0.717, 1.165) is 57.2 Å². The number of piperidine rings is 2. The molecule has 2 aromatic heterocycles. The largest absolute Gasteiger partial charge is 0.493 e. The number of likely N-dealkylation sites (tertiary alicyclic amines) is 1. The van der Waals surface area contributed by atoms with Crippen LogP contribution in [0, 0.1) is 11.8 Å². The molecule has 1 unspecified atom stereocenters. The minimum absolute atomic E-state index is 0.0525. The van der Waals surface area contributed by atoms with Crippen molar-refractivity contribution in [1.29, 1.82) is 0 Å². The summed E-state index contributed by atoms with van der Waals surface area (Å²) in [5, 5.41) is 13.2. The van der Waals surface area contributed by atoms with E-state index in [2.05, 4.69) is 22.1 Å². The molecular weight excluding hydrogens is 813 g/mol. The summed E-state index contributed by atoms with van der Waals surface area (Å²) in [6, 6.07) is 13.3. The number of imide groups is 2. The lowest BCUT2D eigenvalue weighted by atomic mass is 9.97. The number of hydrogen-bond acceptors (Lipinski definition) is 13. The Hall–Kier alpha value is -6.15. The summed E-state index contributed by atoms with van der Waals surface area (Å²) >= 11 is 1.61. The van der Waals surface area contributed by atoms with Gasteiger partial charge in [-0.3, -0.25) is 34.2 Å². The number of rotatable bonds is 16. The van der Waals surface area contributed by atoms with Crippen molar-refractivity contribution in [3.05, 3.63) is 88.2 Å². The first kappa shape index (κ1) is 43.9. The maximum absolute atomic E-state index is 13.3. The number of amides is 5. The fourth-order valence-corrected chi connectivity index (χ4v) is 8.57. The molecule has 7 rings (SSSR count). The van der Waals surface area contributed by atoms with Crippen LogP contribution in [0.15, 0.2) is 60.9 Å². The third-order valence-corrected chi connectivity index (χ3v) is 12.0. The number of carbonyl (C=O) groups excluding carboxylic acids is 5. The van der Waals surface area contributed by atoms with E-state index in [1.807, 2.05) is 41.4 Å². The number of nitrogens with one attached hydrogen (secondary N) is 1. The molecule has 2 saturated heterocycles. The number of benzene rings is 2.